The lowest BCUT2D eigenvalue weighted by Crippen LogP contribution is -2.08. The first kappa shape index (κ1) is 16.2. The van der Waals surface area contributed by atoms with E-state index < -0.39 is 0 Å². The molecule has 0 amide bonds. The molecule has 0 atom stereocenters. The normalized spacial score (nSPS) is 11.0. The first-order valence-corrected chi connectivity index (χ1v) is 8.78. The second kappa shape index (κ2) is 6.24. The lowest BCUT2D eigenvalue weighted by atomic mass is 9.99. The number of pyridine rings is 1. The highest BCUT2D eigenvalue weighted by Gasteiger charge is 2.22. The van der Waals surface area contributed by atoms with Crippen molar-refractivity contribution < 1.29 is 14.9 Å². The summed E-state index contributed by atoms with van der Waals surface area (Å²) in [5.41, 5.74) is 1.54. The summed E-state index contributed by atoms with van der Waals surface area (Å²) in [6.07, 6.45) is 0. The highest BCUT2D eigenvalue weighted by Crippen LogP contribution is 2.47. The number of rotatable bonds is 3. The van der Waals surface area contributed by atoms with Crippen LogP contribution in [0.15, 0.2) is 58.7 Å². The molecule has 3 N–H and O–H groups in total. The van der Waals surface area contributed by atoms with Crippen molar-refractivity contribution in [2.75, 3.05) is 7.11 Å². The third kappa shape index (κ3) is 2.43. The lowest BCUT2D eigenvalue weighted by molar-refractivity contribution is 0.410. The van der Waals surface area contributed by atoms with Crippen molar-refractivity contribution in [3.05, 3.63) is 64.3 Å². The van der Waals surface area contributed by atoms with Gasteiger partial charge in [0.2, 0.25) is 0 Å². The molecule has 0 saturated carbocycles. The fourth-order valence-electron chi connectivity index (χ4n) is 3.10. The van der Waals surface area contributed by atoms with Crippen molar-refractivity contribution in [3.8, 4) is 39.5 Å². The molecule has 2 heterocycles. The number of hydrogen-bond donors (Lipinski definition) is 3. The Labute approximate surface area is 152 Å². The maximum atomic E-state index is 12.5. The van der Waals surface area contributed by atoms with Crippen LogP contribution in [0.5, 0.6) is 17.2 Å². The van der Waals surface area contributed by atoms with E-state index in [1.54, 1.807) is 47.8 Å². The van der Waals surface area contributed by atoms with Gasteiger partial charge in [-0.05, 0) is 17.7 Å². The van der Waals surface area contributed by atoms with E-state index in [1.807, 2.05) is 6.07 Å². The van der Waals surface area contributed by atoms with Crippen LogP contribution < -0.4 is 10.3 Å². The first-order valence-electron chi connectivity index (χ1n) is 7.90. The molecule has 0 aliphatic carbocycles. The minimum atomic E-state index is -0.362. The lowest BCUT2D eigenvalue weighted by Gasteiger charge is -2.11. The van der Waals surface area contributed by atoms with E-state index in [1.165, 1.54) is 18.4 Å². The number of thiophene rings is 1. The molecule has 4 rings (SSSR count). The summed E-state index contributed by atoms with van der Waals surface area (Å²) >= 11 is 1.29. The van der Waals surface area contributed by atoms with Crippen molar-refractivity contribution >= 4 is 21.6 Å². The van der Waals surface area contributed by atoms with E-state index in [0.29, 0.717) is 32.7 Å². The van der Waals surface area contributed by atoms with Gasteiger partial charge in [-0.25, -0.2) is 0 Å². The van der Waals surface area contributed by atoms with Crippen LogP contribution in [-0.2, 0) is 0 Å². The quantitative estimate of drug-likeness (QED) is 0.504. The Bertz CT molecular complexity index is 1160. The van der Waals surface area contributed by atoms with Gasteiger partial charge in [-0.3, -0.25) is 4.79 Å². The van der Waals surface area contributed by atoms with Gasteiger partial charge in [0.15, 0.2) is 0 Å². The Morgan fingerprint density at radius 2 is 1.77 bits per heavy atom. The molecule has 6 heteroatoms. The number of fused-ring (bicyclic) bond motifs is 1. The number of aromatic hydroxyl groups is 2. The van der Waals surface area contributed by atoms with Crippen LogP contribution in [0, 0.1) is 0 Å². The molecule has 0 radical (unpaired) electrons. The van der Waals surface area contributed by atoms with Crippen LogP contribution in [0.25, 0.3) is 32.5 Å². The monoisotopic (exact) mass is 365 g/mol. The van der Waals surface area contributed by atoms with Crippen molar-refractivity contribution in [2.45, 2.75) is 0 Å². The number of phenolic OH excluding ortho intramolecular Hbond substituents is 1. The van der Waals surface area contributed by atoms with E-state index in [2.05, 4.69) is 4.98 Å². The molecule has 0 unspecified atom stereocenters. The van der Waals surface area contributed by atoms with Gasteiger partial charge in [0.25, 0.3) is 5.56 Å². The highest BCUT2D eigenvalue weighted by molar-refractivity contribution is 7.17. The maximum absolute atomic E-state index is 12.5. The minimum absolute atomic E-state index is 0.0379. The molecule has 4 aromatic rings. The Morgan fingerprint density at radius 1 is 1.00 bits per heavy atom. The number of hydrogen-bond acceptors (Lipinski definition) is 5. The topological polar surface area (TPSA) is 82.5 Å². The van der Waals surface area contributed by atoms with Crippen LogP contribution >= 0.6 is 11.3 Å². The summed E-state index contributed by atoms with van der Waals surface area (Å²) in [5.74, 6) is 0.406. The van der Waals surface area contributed by atoms with Crippen LogP contribution in [0.4, 0.5) is 0 Å². The predicted molar refractivity (Wildman–Crippen MR) is 103 cm³/mol. The number of phenols is 1. The Kier molecular flexibility index (Phi) is 3.89. The zero-order valence-corrected chi connectivity index (χ0v) is 14.6. The van der Waals surface area contributed by atoms with Crippen LogP contribution in [0.3, 0.4) is 0 Å². The zero-order chi connectivity index (χ0) is 18.3. The molecule has 0 bridgehead atoms. The first-order chi connectivity index (χ1) is 12.6. The average molecular weight is 365 g/mol. The minimum Gasteiger partial charge on any atom is -0.507 e. The molecule has 0 aliphatic heterocycles. The molecule has 0 aliphatic rings. The SMILES string of the molecule is COc1cccc(O)c1-c1csc2[nH]c(=O)c(-c3ccccc3)c(O)c12. The van der Waals surface area contributed by atoms with E-state index in [9.17, 15) is 15.0 Å². The Hall–Kier alpha value is -3.25. The second-order valence-electron chi connectivity index (χ2n) is 5.75. The maximum Gasteiger partial charge on any atom is 0.260 e. The number of nitrogens with one attached hydrogen (secondary N) is 1. The second-order valence-corrected chi connectivity index (χ2v) is 6.63. The number of methoxy groups -OCH3 is 1. The number of H-pyrrole nitrogens is 1. The van der Waals surface area contributed by atoms with Gasteiger partial charge in [0, 0.05) is 10.9 Å². The molecule has 2 aromatic carbocycles. The largest absolute Gasteiger partial charge is 0.507 e. The van der Waals surface area contributed by atoms with Crippen LogP contribution in [0.1, 0.15) is 0 Å². The van der Waals surface area contributed by atoms with Gasteiger partial charge in [-0.2, -0.15) is 0 Å². The fraction of sp³-hybridized carbons (Fsp3) is 0.0500. The zero-order valence-electron chi connectivity index (χ0n) is 13.8. The molecular formula is C20H15NO4S. The van der Waals surface area contributed by atoms with Crippen molar-refractivity contribution in [1.82, 2.24) is 4.98 Å². The summed E-state index contributed by atoms with van der Waals surface area (Å²) < 4.78 is 5.37. The number of aromatic nitrogens is 1. The predicted octanol–water partition coefficient (Wildman–Crippen LogP) is 4.34. The van der Waals surface area contributed by atoms with E-state index in [0.717, 1.165) is 0 Å². The molecule has 0 fully saturated rings. The third-order valence-electron chi connectivity index (χ3n) is 4.27. The summed E-state index contributed by atoms with van der Waals surface area (Å²) in [6.45, 7) is 0. The Balaban J connectivity index is 2.08. The van der Waals surface area contributed by atoms with Gasteiger partial charge in [0.05, 0.1) is 23.6 Å². The van der Waals surface area contributed by atoms with Crippen molar-refractivity contribution in [1.29, 1.82) is 0 Å². The number of benzene rings is 2. The van der Waals surface area contributed by atoms with Crippen LogP contribution in [-0.4, -0.2) is 22.3 Å². The van der Waals surface area contributed by atoms with Gasteiger partial charge in [-0.1, -0.05) is 36.4 Å². The molecule has 5 nitrogen and oxygen atoms in total. The highest BCUT2D eigenvalue weighted by atomic mass is 32.1. The van der Waals surface area contributed by atoms with Gasteiger partial charge in [-0.15, -0.1) is 11.3 Å². The average Bonchev–Trinajstić information content (AvgIpc) is 3.05. The van der Waals surface area contributed by atoms with Gasteiger partial charge < -0.3 is 19.9 Å². The van der Waals surface area contributed by atoms with Crippen LogP contribution in [0.2, 0.25) is 0 Å². The molecule has 0 saturated heterocycles. The van der Waals surface area contributed by atoms with Crippen molar-refractivity contribution in [3.63, 3.8) is 0 Å². The summed E-state index contributed by atoms with van der Waals surface area (Å²) in [7, 11) is 1.52. The Morgan fingerprint density at radius 3 is 2.50 bits per heavy atom. The summed E-state index contributed by atoms with van der Waals surface area (Å²) in [5, 5.41) is 23.6. The smallest absolute Gasteiger partial charge is 0.260 e. The molecule has 0 spiro atoms. The van der Waals surface area contributed by atoms with Gasteiger partial charge in [0.1, 0.15) is 22.1 Å². The number of ether oxygens (including phenoxy) is 1. The standard InChI is InChI=1S/C20H15NO4S/c1-25-14-9-5-8-13(22)16(14)12-10-26-20-17(12)18(23)15(19(24)21-20)11-6-3-2-4-7-11/h2-10,22H,1H3,(H2,21,23,24). The van der Waals surface area contributed by atoms with E-state index in [4.69, 9.17) is 4.74 Å². The fourth-order valence-corrected chi connectivity index (χ4v) is 4.05. The number of aromatic amines is 1. The molecule has 2 aromatic heterocycles. The molecule has 26 heavy (non-hydrogen) atoms. The van der Waals surface area contributed by atoms with E-state index >= 15 is 0 Å². The third-order valence-corrected chi connectivity index (χ3v) is 5.17. The summed E-state index contributed by atoms with van der Waals surface area (Å²) in [6, 6.07) is 14.0. The van der Waals surface area contributed by atoms with Gasteiger partial charge >= 0.3 is 0 Å². The molecular weight excluding hydrogens is 350 g/mol. The van der Waals surface area contributed by atoms with Crippen molar-refractivity contribution in [2.24, 2.45) is 0 Å². The molecule has 130 valence electrons. The van der Waals surface area contributed by atoms with E-state index in [-0.39, 0.29) is 22.6 Å². The summed E-state index contributed by atoms with van der Waals surface area (Å²) in [4.78, 5) is 15.9.